The Morgan fingerprint density at radius 2 is 2.06 bits per heavy atom. The summed E-state index contributed by atoms with van der Waals surface area (Å²) in [7, 11) is -3.45. The first-order chi connectivity index (χ1) is 8.03. The summed E-state index contributed by atoms with van der Waals surface area (Å²) >= 11 is 0. The van der Waals surface area contributed by atoms with Crippen LogP contribution < -0.4 is 10.5 Å². The summed E-state index contributed by atoms with van der Waals surface area (Å²) in [6.07, 6.45) is 0.999. The predicted octanol–water partition coefficient (Wildman–Crippen LogP) is 0.676. The Morgan fingerprint density at radius 3 is 2.59 bits per heavy atom. The van der Waals surface area contributed by atoms with E-state index < -0.39 is 10.0 Å². The lowest BCUT2D eigenvalue weighted by Crippen LogP contribution is -2.19. The van der Waals surface area contributed by atoms with Gasteiger partial charge in [-0.3, -0.25) is 0 Å². The van der Waals surface area contributed by atoms with Gasteiger partial charge in [0, 0.05) is 12.3 Å². The summed E-state index contributed by atoms with van der Waals surface area (Å²) in [5.41, 5.74) is 1.67. The van der Waals surface area contributed by atoms with Crippen LogP contribution in [0.5, 0.6) is 0 Å². The third-order valence-electron chi connectivity index (χ3n) is 2.62. The van der Waals surface area contributed by atoms with Gasteiger partial charge in [0.15, 0.2) is 0 Å². The van der Waals surface area contributed by atoms with Gasteiger partial charge in [0.1, 0.15) is 0 Å². The van der Waals surface area contributed by atoms with Crippen LogP contribution in [0.15, 0.2) is 24.3 Å². The smallest absolute Gasteiger partial charge is 0.213 e. The Bertz CT molecular complexity index is 464. The highest BCUT2D eigenvalue weighted by Gasteiger charge is 2.14. The lowest BCUT2D eigenvalue weighted by atomic mass is 10.2. The van der Waals surface area contributed by atoms with Gasteiger partial charge < -0.3 is 10.1 Å². The minimum atomic E-state index is -3.45. The second-order valence-electron chi connectivity index (χ2n) is 4.21. The number of primary sulfonamides is 1. The summed E-state index contributed by atoms with van der Waals surface area (Å²) in [6.45, 7) is 1.51. The summed E-state index contributed by atoms with van der Waals surface area (Å²) in [5.74, 6) is -0.125. The van der Waals surface area contributed by atoms with Crippen molar-refractivity contribution in [1.82, 2.24) is 0 Å². The summed E-state index contributed by atoms with van der Waals surface area (Å²) < 4.78 is 27.1. The molecule has 0 radical (unpaired) electrons. The predicted molar refractivity (Wildman–Crippen MR) is 66.1 cm³/mol. The molecule has 5 nitrogen and oxygen atoms in total. The quantitative estimate of drug-likeness (QED) is 0.830. The number of nitrogens with one attached hydrogen (secondary N) is 1. The SMILES string of the molecule is NS(=O)(=O)Cc1ccc(NC2CCOC2)cc1. The molecule has 1 heterocycles. The fourth-order valence-corrected chi connectivity index (χ4v) is 2.47. The molecule has 0 bridgehead atoms. The molecule has 0 amide bonds. The molecular weight excluding hydrogens is 240 g/mol. The van der Waals surface area contributed by atoms with Crippen LogP contribution in [0, 0.1) is 0 Å². The van der Waals surface area contributed by atoms with Gasteiger partial charge in [-0.2, -0.15) is 0 Å². The van der Waals surface area contributed by atoms with Gasteiger partial charge in [-0.05, 0) is 24.1 Å². The number of benzene rings is 1. The van der Waals surface area contributed by atoms with E-state index in [4.69, 9.17) is 9.88 Å². The van der Waals surface area contributed by atoms with Crippen molar-refractivity contribution in [2.45, 2.75) is 18.2 Å². The summed E-state index contributed by atoms with van der Waals surface area (Å²) in [4.78, 5) is 0. The Kier molecular flexibility index (Phi) is 3.66. The molecule has 1 unspecified atom stereocenters. The highest BCUT2D eigenvalue weighted by Crippen LogP contribution is 2.15. The van der Waals surface area contributed by atoms with Gasteiger partial charge in [0.25, 0.3) is 0 Å². The average Bonchev–Trinajstić information content (AvgIpc) is 2.71. The van der Waals surface area contributed by atoms with Gasteiger partial charge >= 0.3 is 0 Å². The van der Waals surface area contributed by atoms with Crippen LogP contribution >= 0.6 is 0 Å². The van der Waals surface area contributed by atoms with Crippen LogP contribution in [-0.4, -0.2) is 27.7 Å². The molecule has 2 rings (SSSR count). The van der Waals surface area contributed by atoms with Crippen molar-refractivity contribution in [3.8, 4) is 0 Å². The first-order valence-corrected chi connectivity index (χ1v) is 7.18. The molecule has 1 aliphatic heterocycles. The molecule has 0 spiro atoms. The third-order valence-corrected chi connectivity index (χ3v) is 3.36. The largest absolute Gasteiger partial charge is 0.380 e. The summed E-state index contributed by atoms with van der Waals surface area (Å²) in [5, 5.41) is 8.30. The Labute approximate surface area is 101 Å². The van der Waals surface area contributed by atoms with Crippen molar-refractivity contribution in [3.05, 3.63) is 29.8 Å². The molecule has 1 aromatic carbocycles. The molecule has 1 atom stereocenters. The first kappa shape index (κ1) is 12.3. The topological polar surface area (TPSA) is 81.4 Å². The number of nitrogens with two attached hydrogens (primary N) is 1. The number of rotatable bonds is 4. The first-order valence-electron chi connectivity index (χ1n) is 5.47. The average molecular weight is 256 g/mol. The standard InChI is InChI=1S/C11H16N2O3S/c12-17(14,15)8-9-1-3-10(4-2-9)13-11-5-6-16-7-11/h1-4,11,13H,5-8H2,(H2,12,14,15). The molecule has 94 valence electrons. The molecular formula is C11H16N2O3S. The van der Waals surface area contributed by atoms with Crippen LogP contribution in [-0.2, 0) is 20.5 Å². The molecule has 1 aromatic rings. The monoisotopic (exact) mass is 256 g/mol. The highest BCUT2D eigenvalue weighted by atomic mass is 32.2. The van der Waals surface area contributed by atoms with Crippen LogP contribution in [0.25, 0.3) is 0 Å². The van der Waals surface area contributed by atoms with E-state index in [1.165, 1.54) is 0 Å². The molecule has 0 aliphatic carbocycles. The lowest BCUT2D eigenvalue weighted by molar-refractivity contribution is 0.195. The highest BCUT2D eigenvalue weighted by molar-refractivity contribution is 7.88. The van der Waals surface area contributed by atoms with E-state index in [9.17, 15) is 8.42 Å². The maximum absolute atomic E-state index is 10.9. The van der Waals surface area contributed by atoms with Gasteiger partial charge in [0.2, 0.25) is 10.0 Å². The number of hydrogen-bond donors (Lipinski definition) is 2. The van der Waals surface area contributed by atoms with Crippen LogP contribution in [0.1, 0.15) is 12.0 Å². The van der Waals surface area contributed by atoms with Crippen LogP contribution in [0.2, 0.25) is 0 Å². The van der Waals surface area contributed by atoms with E-state index in [-0.39, 0.29) is 5.75 Å². The zero-order chi connectivity index (χ0) is 12.3. The van der Waals surface area contributed by atoms with Gasteiger partial charge in [-0.15, -0.1) is 0 Å². The molecule has 3 N–H and O–H groups in total. The Hall–Kier alpha value is -1.11. The van der Waals surface area contributed by atoms with Crippen LogP contribution in [0.3, 0.4) is 0 Å². The van der Waals surface area contributed by atoms with E-state index in [1.807, 2.05) is 12.1 Å². The van der Waals surface area contributed by atoms with E-state index >= 15 is 0 Å². The molecule has 0 saturated carbocycles. The minimum absolute atomic E-state index is 0.125. The fraction of sp³-hybridized carbons (Fsp3) is 0.455. The molecule has 0 aromatic heterocycles. The van der Waals surface area contributed by atoms with Crippen molar-refractivity contribution in [3.63, 3.8) is 0 Å². The van der Waals surface area contributed by atoms with Crippen molar-refractivity contribution in [2.75, 3.05) is 18.5 Å². The number of sulfonamides is 1. The van der Waals surface area contributed by atoms with Crippen molar-refractivity contribution >= 4 is 15.7 Å². The number of ether oxygens (including phenoxy) is 1. The normalized spacial score (nSPS) is 20.4. The fourth-order valence-electron chi connectivity index (χ4n) is 1.81. The van der Waals surface area contributed by atoms with Crippen molar-refractivity contribution in [1.29, 1.82) is 0 Å². The van der Waals surface area contributed by atoms with Crippen molar-refractivity contribution in [2.24, 2.45) is 5.14 Å². The lowest BCUT2D eigenvalue weighted by Gasteiger charge is -2.12. The maximum Gasteiger partial charge on any atom is 0.213 e. The Morgan fingerprint density at radius 1 is 1.35 bits per heavy atom. The molecule has 1 fully saturated rings. The van der Waals surface area contributed by atoms with Crippen LogP contribution in [0.4, 0.5) is 5.69 Å². The Balaban J connectivity index is 1.97. The second kappa shape index (κ2) is 5.03. The van der Waals surface area contributed by atoms with E-state index in [0.717, 1.165) is 25.3 Å². The number of hydrogen-bond acceptors (Lipinski definition) is 4. The molecule has 1 saturated heterocycles. The van der Waals surface area contributed by atoms with Crippen molar-refractivity contribution < 1.29 is 13.2 Å². The van der Waals surface area contributed by atoms with E-state index in [1.54, 1.807) is 12.1 Å². The molecule has 17 heavy (non-hydrogen) atoms. The summed E-state index contributed by atoms with van der Waals surface area (Å²) in [6, 6.07) is 7.60. The van der Waals surface area contributed by atoms with E-state index in [2.05, 4.69) is 5.32 Å². The van der Waals surface area contributed by atoms with Gasteiger partial charge in [0.05, 0.1) is 18.4 Å². The maximum atomic E-state index is 10.9. The van der Waals surface area contributed by atoms with E-state index in [0.29, 0.717) is 11.6 Å². The molecule has 1 aliphatic rings. The van der Waals surface area contributed by atoms with Gasteiger partial charge in [-0.25, -0.2) is 13.6 Å². The third kappa shape index (κ3) is 3.99. The zero-order valence-electron chi connectivity index (χ0n) is 9.43. The number of anilines is 1. The molecule has 6 heteroatoms. The zero-order valence-corrected chi connectivity index (χ0v) is 10.2. The van der Waals surface area contributed by atoms with Gasteiger partial charge in [-0.1, -0.05) is 12.1 Å². The minimum Gasteiger partial charge on any atom is -0.380 e. The second-order valence-corrected chi connectivity index (χ2v) is 5.82.